The Morgan fingerprint density at radius 1 is 1.33 bits per heavy atom. The lowest BCUT2D eigenvalue weighted by atomic mass is 10.0. The number of nitrogens with one attached hydrogen (secondary N) is 1. The lowest BCUT2D eigenvalue weighted by Gasteiger charge is -2.25. The van der Waals surface area contributed by atoms with Gasteiger partial charge in [-0.1, -0.05) is 6.07 Å². The molecule has 2 aromatic rings. The number of benzene rings is 1. The average molecular weight is 433 g/mol. The van der Waals surface area contributed by atoms with Crippen molar-refractivity contribution in [2.75, 3.05) is 25.6 Å². The standard InChI is InChI=1S/C19H19N3O7S/c1-3-29-18(24)15-13-7-8-21(19(25)28-2)10-14(13)30-17(15)20-16(23)11-5-4-6-12(9-11)22(26)27/h4-6,9H,3,7-8,10H2,1-2H3,(H,20,23). The van der Waals surface area contributed by atoms with E-state index in [-0.39, 0.29) is 35.0 Å². The van der Waals surface area contributed by atoms with Crippen molar-refractivity contribution >= 4 is 40.0 Å². The van der Waals surface area contributed by atoms with Crippen LogP contribution in [0.2, 0.25) is 0 Å². The number of nitro benzene ring substituents is 1. The molecular weight excluding hydrogens is 414 g/mol. The van der Waals surface area contributed by atoms with Crippen LogP contribution in [0.15, 0.2) is 24.3 Å². The second-order valence-corrected chi connectivity index (χ2v) is 7.44. The Morgan fingerprint density at radius 2 is 2.10 bits per heavy atom. The average Bonchev–Trinajstić information content (AvgIpc) is 3.10. The number of esters is 1. The summed E-state index contributed by atoms with van der Waals surface area (Å²) in [7, 11) is 1.29. The number of amides is 2. The molecular formula is C19H19N3O7S. The summed E-state index contributed by atoms with van der Waals surface area (Å²) in [6.07, 6.45) is -0.0733. The van der Waals surface area contributed by atoms with Gasteiger partial charge in [-0.2, -0.15) is 0 Å². The van der Waals surface area contributed by atoms with Crippen molar-refractivity contribution in [2.24, 2.45) is 0 Å². The summed E-state index contributed by atoms with van der Waals surface area (Å²) >= 11 is 1.17. The van der Waals surface area contributed by atoms with E-state index in [2.05, 4.69) is 5.32 Å². The summed E-state index contributed by atoms with van der Waals surface area (Å²) in [5, 5.41) is 13.9. The summed E-state index contributed by atoms with van der Waals surface area (Å²) in [6.45, 7) is 2.44. The molecule has 1 aliphatic heterocycles. The van der Waals surface area contributed by atoms with E-state index in [1.165, 1.54) is 41.5 Å². The van der Waals surface area contributed by atoms with Crippen LogP contribution >= 0.6 is 11.3 Å². The van der Waals surface area contributed by atoms with Gasteiger partial charge in [-0.05, 0) is 25.0 Å². The van der Waals surface area contributed by atoms with Crippen LogP contribution in [0.5, 0.6) is 0 Å². The zero-order valence-electron chi connectivity index (χ0n) is 16.3. The largest absolute Gasteiger partial charge is 0.462 e. The minimum atomic E-state index is -0.591. The highest BCUT2D eigenvalue weighted by atomic mass is 32.1. The molecule has 1 aromatic carbocycles. The van der Waals surface area contributed by atoms with E-state index in [0.717, 1.165) is 10.9 Å². The molecule has 1 aromatic heterocycles. The minimum Gasteiger partial charge on any atom is -0.462 e. The number of fused-ring (bicyclic) bond motifs is 1. The molecule has 0 bridgehead atoms. The Bertz CT molecular complexity index is 1020. The molecule has 11 heteroatoms. The first-order chi connectivity index (χ1) is 14.3. The number of hydrogen-bond acceptors (Lipinski definition) is 8. The predicted octanol–water partition coefficient (Wildman–Crippen LogP) is 3.21. The summed E-state index contributed by atoms with van der Waals surface area (Å²) in [5.41, 5.74) is 0.835. The van der Waals surface area contributed by atoms with Gasteiger partial charge in [0.25, 0.3) is 11.6 Å². The molecule has 158 valence electrons. The van der Waals surface area contributed by atoms with Gasteiger partial charge in [0, 0.05) is 29.1 Å². The monoisotopic (exact) mass is 433 g/mol. The van der Waals surface area contributed by atoms with Gasteiger partial charge in [0.15, 0.2) is 0 Å². The summed E-state index contributed by atoms with van der Waals surface area (Å²) in [4.78, 5) is 49.7. The van der Waals surface area contributed by atoms with Gasteiger partial charge in [0.05, 0.1) is 30.7 Å². The van der Waals surface area contributed by atoms with Crippen molar-refractivity contribution < 1.29 is 28.8 Å². The normalized spacial score (nSPS) is 12.7. The third-order valence-electron chi connectivity index (χ3n) is 4.52. The molecule has 1 N–H and O–H groups in total. The van der Waals surface area contributed by atoms with Crippen molar-refractivity contribution in [1.82, 2.24) is 4.90 Å². The minimum absolute atomic E-state index is 0.0848. The number of carbonyl (C=O) groups excluding carboxylic acids is 3. The number of methoxy groups -OCH3 is 1. The molecule has 0 aliphatic carbocycles. The molecule has 0 atom stereocenters. The van der Waals surface area contributed by atoms with Crippen LogP contribution in [-0.4, -0.2) is 48.1 Å². The number of hydrogen-bond donors (Lipinski definition) is 1. The fourth-order valence-electron chi connectivity index (χ4n) is 3.13. The zero-order chi connectivity index (χ0) is 21.8. The lowest BCUT2D eigenvalue weighted by Crippen LogP contribution is -2.35. The molecule has 0 unspecified atom stereocenters. The van der Waals surface area contributed by atoms with Crippen molar-refractivity contribution in [3.63, 3.8) is 0 Å². The number of ether oxygens (including phenoxy) is 2. The van der Waals surface area contributed by atoms with Crippen LogP contribution < -0.4 is 5.32 Å². The number of carbonyl (C=O) groups is 3. The maximum absolute atomic E-state index is 12.7. The maximum atomic E-state index is 12.7. The smallest absolute Gasteiger partial charge is 0.409 e. The van der Waals surface area contributed by atoms with Gasteiger partial charge < -0.3 is 19.7 Å². The van der Waals surface area contributed by atoms with Crippen LogP contribution in [0, 0.1) is 10.1 Å². The molecule has 3 rings (SSSR count). The first-order valence-electron chi connectivity index (χ1n) is 9.06. The van der Waals surface area contributed by atoms with Crippen molar-refractivity contribution in [2.45, 2.75) is 19.9 Å². The fourth-order valence-corrected chi connectivity index (χ4v) is 4.38. The van der Waals surface area contributed by atoms with Gasteiger partial charge in [0.1, 0.15) is 5.00 Å². The van der Waals surface area contributed by atoms with Gasteiger partial charge in [0.2, 0.25) is 0 Å². The van der Waals surface area contributed by atoms with E-state index in [4.69, 9.17) is 9.47 Å². The third kappa shape index (κ3) is 4.25. The Balaban J connectivity index is 1.94. The van der Waals surface area contributed by atoms with Crippen LogP contribution in [-0.2, 0) is 22.4 Å². The second kappa shape index (κ2) is 8.91. The Hall–Kier alpha value is -3.47. The van der Waals surface area contributed by atoms with Gasteiger partial charge in [-0.15, -0.1) is 11.3 Å². The van der Waals surface area contributed by atoms with E-state index in [1.54, 1.807) is 6.92 Å². The summed E-state index contributed by atoms with van der Waals surface area (Å²) in [5.74, 6) is -1.16. The molecule has 0 saturated heterocycles. The van der Waals surface area contributed by atoms with Crippen molar-refractivity contribution in [1.29, 1.82) is 0 Å². The van der Waals surface area contributed by atoms with Crippen LogP contribution in [0.3, 0.4) is 0 Å². The molecule has 0 radical (unpaired) electrons. The van der Waals surface area contributed by atoms with Crippen molar-refractivity contribution in [3.05, 3.63) is 55.9 Å². The number of anilines is 1. The van der Waals surface area contributed by atoms with Gasteiger partial charge >= 0.3 is 12.1 Å². The van der Waals surface area contributed by atoms with Gasteiger partial charge in [-0.3, -0.25) is 14.9 Å². The molecule has 10 nitrogen and oxygen atoms in total. The molecule has 2 heterocycles. The van der Waals surface area contributed by atoms with Crippen LogP contribution in [0.1, 0.15) is 38.1 Å². The topological polar surface area (TPSA) is 128 Å². The van der Waals surface area contributed by atoms with E-state index < -0.39 is 22.9 Å². The fraction of sp³-hybridized carbons (Fsp3) is 0.316. The Morgan fingerprint density at radius 3 is 2.77 bits per heavy atom. The SMILES string of the molecule is CCOC(=O)c1c(NC(=O)c2cccc([N+](=O)[O-])c2)sc2c1CCN(C(=O)OC)C2. The van der Waals surface area contributed by atoms with Crippen LogP contribution in [0.4, 0.5) is 15.5 Å². The third-order valence-corrected chi connectivity index (χ3v) is 5.65. The van der Waals surface area contributed by atoms with E-state index in [0.29, 0.717) is 18.5 Å². The molecule has 0 saturated carbocycles. The van der Waals surface area contributed by atoms with Crippen LogP contribution in [0.25, 0.3) is 0 Å². The number of non-ortho nitro benzene ring substituents is 1. The zero-order valence-corrected chi connectivity index (χ0v) is 17.1. The Kier molecular flexibility index (Phi) is 6.31. The quantitative estimate of drug-likeness (QED) is 0.435. The maximum Gasteiger partial charge on any atom is 0.409 e. The molecule has 2 amide bonds. The summed E-state index contributed by atoms with van der Waals surface area (Å²) in [6, 6.07) is 5.30. The summed E-state index contributed by atoms with van der Waals surface area (Å²) < 4.78 is 9.90. The first-order valence-corrected chi connectivity index (χ1v) is 9.87. The molecule has 0 fully saturated rings. The predicted molar refractivity (Wildman–Crippen MR) is 108 cm³/mol. The molecule has 1 aliphatic rings. The molecule has 30 heavy (non-hydrogen) atoms. The lowest BCUT2D eigenvalue weighted by molar-refractivity contribution is -0.384. The first kappa shape index (κ1) is 21.2. The number of nitrogens with zero attached hydrogens (tertiary/aromatic N) is 2. The highest BCUT2D eigenvalue weighted by Gasteiger charge is 2.31. The molecule has 0 spiro atoms. The second-order valence-electron chi connectivity index (χ2n) is 6.33. The number of thiophene rings is 1. The highest BCUT2D eigenvalue weighted by Crippen LogP contribution is 2.38. The highest BCUT2D eigenvalue weighted by molar-refractivity contribution is 7.17. The van der Waals surface area contributed by atoms with Crippen molar-refractivity contribution in [3.8, 4) is 0 Å². The Labute approximate surface area is 175 Å². The number of rotatable bonds is 5. The van der Waals surface area contributed by atoms with Gasteiger partial charge in [-0.25, -0.2) is 9.59 Å². The van der Waals surface area contributed by atoms with E-state index >= 15 is 0 Å². The van der Waals surface area contributed by atoms with E-state index in [1.807, 2.05) is 0 Å². The van der Waals surface area contributed by atoms with E-state index in [9.17, 15) is 24.5 Å². The number of nitro groups is 1.